The van der Waals surface area contributed by atoms with Crippen LogP contribution in [0, 0.1) is 6.92 Å². The summed E-state index contributed by atoms with van der Waals surface area (Å²) >= 11 is 5.90. The smallest absolute Gasteiger partial charge is 0.322 e. The molecule has 0 saturated heterocycles. The molecule has 1 heterocycles. The van der Waals surface area contributed by atoms with Crippen molar-refractivity contribution < 1.29 is 4.74 Å². The third-order valence-corrected chi connectivity index (χ3v) is 3.02. The summed E-state index contributed by atoms with van der Waals surface area (Å²) in [6.45, 7) is 7.90. The van der Waals surface area contributed by atoms with Crippen molar-refractivity contribution in [3.63, 3.8) is 0 Å². The van der Waals surface area contributed by atoms with Gasteiger partial charge in [-0.25, -0.2) is 0 Å². The molecule has 1 aromatic heterocycles. The van der Waals surface area contributed by atoms with E-state index in [9.17, 15) is 0 Å². The second-order valence-corrected chi connectivity index (χ2v) is 5.49. The summed E-state index contributed by atoms with van der Waals surface area (Å²) < 4.78 is 5.45. The minimum absolute atomic E-state index is 0.0224. The average molecular weight is 307 g/mol. The molecule has 1 aromatic carbocycles. The van der Waals surface area contributed by atoms with Crippen LogP contribution in [0.2, 0.25) is 5.28 Å². The minimum atomic E-state index is -0.0224. The summed E-state index contributed by atoms with van der Waals surface area (Å²) in [6.07, 6.45) is -0.0224. The molecule has 2 rings (SSSR count). The van der Waals surface area contributed by atoms with E-state index in [1.165, 1.54) is 5.56 Å². The molecule has 0 aliphatic heterocycles. The Bertz CT molecular complexity index is 601. The van der Waals surface area contributed by atoms with Gasteiger partial charge in [-0.05, 0) is 44.9 Å². The van der Waals surface area contributed by atoms with Crippen LogP contribution in [-0.4, -0.2) is 21.1 Å². The lowest BCUT2D eigenvalue weighted by Gasteiger charge is -2.15. The van der Waals surface area contributed by atoms with Gasteiger partial charge in [-0.1, -0.05) is 29.8 Å². The van der Waals surface area contributed by atoms with Gasteiger partial charge in [0.25, 0.3) is 0 Å². The third kappa shape index (κ3) is 4.56. The lowest BCUT2D eigenvalue weighted by Crippen LogP contribution is -2.13. The molecule has 0 fully saturated rings. The van der Waals surface area contributed by atoms with Crippen molar-refractivity contribution in [2.24, 2.45) is 0 Å². The molecule has 0 radical (unpaired) electrons. The molecule has 21 heavy (non-hydrogen) atoms. The topological polar surface area (TPSA) is 59.9 Å². The summed E-state index contributed by atoms with van der Waals surface area (Å²) in [7, 11) is 0. The molecular weight excluding hydrogens is 288 g/mol. The van der Waals surface area contributed by atoms with Gasteiger partial charge < -0.3 is 10.1 Å². The molecule has 0 aliphatic carbocycles. The van der Waals surface area contributed by atoms with E-state index in [2.05, 4.69) is 51.5 Å². The monoisotopic (exact) mass is 306 g/mol. The van der Waals surface area contributed by atoms with Crippen molar-refractivity contribution in [2.45, 2.75) is 39.8 Å². The minimum Gasteiger partial charge on any atom is -0.461 e. The van der Waals surface area contributed by atoms with E-state index < -0.39 is 0 Å². The molecule has 0 aliphatic rings. The van der Waals surface area contributed by atoms with Gasteiger partial charge in [0.2, 0.25) is 11.2 Å². The van der Waals surface area contributed by atoms with Gasteiger partial charge in [0.05, 0.1) is 12.1 Å². The number of hydrogen-bond acceptors (Lipinski definition) is 5. The van der Waals surface area contributed by atoms with Crippen molar-refractivity contribution >= 4 is 17.5 Å². The number of nitrogens with one attached hydrogen (secondary N) is 1. The second kappa shape index (κ2) is 6.72. The molecule has 0 spiro atoms. The van der Waals surface area contributed by atoms with Crippen molar-refractivity contribution in [1.82, 2.24) is 15.0 Å². The predicted octanol–water partition coefficient (Wildman–Crippen LogP) is 3.79. The number of aryl methyl sites for hydroxylation is 1. The maximum absolute atomic E-state index is 5.90. The maximum atomic E-state index is 5.90. The lowest BCUT2D eigenvalue weighted by molar-refractivity contribution is 0.222. The van der Waals surface area contributed by atoms with Gasteiger partial charge in [-0.2, -0.15) is 15.0 Å². The largest absolute Gasteiger partial charge is 0.461 e. The first-order valence-electron chi connectivity index (χ1n) is 6.85. The van der Waals surface area contributed by atoms with Crippen LogP contribution in [0.3, 0.4) is 0 Å². The zero-order valence-corrected chi connectivity index (χ0v) is 13.3. The number of rotatable bonds is 5. The van der Waals surface area contributed by atoms with E-state index in [1.807, 2.05) is 20.8 Å². The molecule has 112 valence electrons. The molecule has 0 amide bonds. The molecule has 0 saturated carbocycles. The van der Waals surface area contributed by atoms with Crippen LogP contribution in [0.5, 0.6) is 6.01 Å². The number of ether oxygens (including phenoxy) is 1. The molecular formula is C15H19ClN4O. The summed E-state index contributed by atoms with van der Waals surface area (Å²) in [5, 5.41) is 3.32. The normalized spacial score (nSPS) is 12.3. The van der Waals surface area contributed by atoms with Crippen LogP contribution in [0.15, 0.2) is 24.3 Å². The SMILES string of the molecule is Cc1ccc(C(C)Nc2nc(Cl)nc(OC(C)C)n2)cc1. The number of anilines is 1. The van der Waals surface area contributed by atoms with E-state index >= 15 is 0 Å². The van der Waals surface area contributed by atoms with Gasteiger partial charge in [0.1, 0.15) is 0 Å². The fraction of sp³-hybridized carbons (Fsp3) is 0.400. The highest BCUT2D eigenvalue weighted by atomic mass is 35.5. The summed E-state index contributed by atoms with van der Waals surface area (Å²) in [6, 6.07) is 8.56. The van der Waals surface area contributed by atoms with Crippen LogP contribution in [0.25, 0.3) is 0 Å². The van der Waals surface area contributed by atoms with Crippen LogP contribution < -0.4 is 10.1 Å². The summed E-state index contributed by atoms with van der Waals surface area (Å²) in [4.78, 5) is 12.2. The Hall–Kier alpha value is -1.88. The van der Waals surface area contributed by atoms with Crippen molar-refractivity contribution in [1.29, 1.82) is 0 Å². The van der Waals surface area contributed by atoms with E-state index in [0.29, 0.717) is 5.95 Å². The average Bonchev–Trinajstić information content (AvgIpc) is 2.37. The summed E-state index contributed by atoms with van der Waals surface area (Å²) in [5.74, 6) is 0.402. The standard InChI is InChI=1S/C15H19ClN4O/c1-9(2)21-15-19-13(16)18-14(20-15)17-11(4)12-7-5-10(3)6-8-12/h5-9,11H,1-4H3,(H,17,18,19,20). The van der Waals surface area contributed by atoms with Gasteiger partial charge in [0.15, 0.2) is 0 Å². The van der Waals surface area contributed by atoms with E-state index in [1.54, 1.807) is 0 Å². The summed E-state index contributed by atoms with van der Waals surface area (Å²) in [5.41, 5.74) is 2.37. The van der Waals surface area contributed by atoms with Crippen LogP contribution in [0.1, 0.15) is 37.9 Å². The van der Waals surface area contributed by atoms with E-state index in [4.69, 9.17) is 16.3 Å². The molecule has 0 bridgehead atoms. The number of nitrogens with zero attached hydrogens (tertiary/aromatic N) is 3. The maximum Gasteiger partial charge on any atom is 0.322 e. The first-order chi connectivity index (χ1) is 9.94. The Morgan fingerprint density at radius 1 is 1.05 bits per heavy atom. The highest BCUT2D eigenvalue weighted by Crippen LogP contribution is 2.19. The number of halogens is 1. The zero-order valence-electron chi connectivity index (χ0n) is 12.6. The fourth-order valence-corrected chi connectivity index (χ4v) is 1.94. The van der Waals surface area contributed by atoms with Gasteiger partial charge in [0, 0.05) is 0 Å². The molecule has 6 heteroatoms. The predicted molar refractivity (Wildman–Crippen MR) is 83.8 cm³/mol. The Morgan fingerprint density at radius 2 is 1.71 bits per heavy atom. The van der Waals surface area contributed by atoms with Gasteiger partial charge in [-0.15, -0.1) is 0 Å². The highest BCUT2D eigenvalue weighted by Gasteiger charge is 2.11. The number of benzene rings is 1. The molecule has 5 nitrogen and oxygen atoms in total. The van der Waals surface area contributed by atoms with Crippen LogP contribution >= 0.6 is 11.6 Å². The van der Waals surface area contributed by atoms with Gasteiger partial charge in [-0.3, -0.25) is 0 Å². The first kappa shape index (κ1) is 15.5. The number of hydrogen-bond donors (Lipinski definition) is 1. The Kier molecular flexibility index (Phi) is 4.96. The molecule has 1 atom stereocenters. The first-order valence-corrected chi connectivity index (χ1v) is 7.23. The fourth-order valence-electron chi connectivity index (χ4n) is 1.79. The Balaban J connectivity index is 2.14. The zero-order chi connectivity index (χ0) is 15.4. The van der Waals surface area contributed by atoms with Crippen LogP contribution in [-0.2, 0) is 0 Å². The Labute approximate surface area is 129 Å². The molecule has 1 N–H and O–H groups in total. The van der Waals surface area contributed by atoms with Crippen molar-refractivity contribution in [3.05, 3.63) is 40.7 Å². The second-order valence-electron chi connectivity index (χ2n) is 5.15. The van der Waals surface area contributed by atoms with Crippen LogP contribution in [0.4, 0.5) is 5.95 Å². The third-order valence-electron chi connectivity index (χ3n) is 2.85. The molecule has 2 aromatic rings. The highest BCUT2D eigenvalue weighted by molar-refractivity contribution is 6.28. The lowest BCUT2D eigenvalue weighted by atomic mass is 10.1. The van der Waals surface area contributed by atoms with E-state index in [0.717, 1.165) is 5.56 Å². The Morgan fingerprint density at radius 3 is 2.33 bits per heavy atom. The van der Waals surface area contributed by atoms with E-state index in [-0.39, 0.29) is 23.4 Å². The number of aromatic nitrogens is 3. The quantitative estimate of drug-likeness (QED) is 0.910. The van der Waals surface area contributed by atoms with Gasteiger partial charge >= 0.3 is 6.01 Å². The van der Waals surface area contributed by atoms with Crippen molar-refractivity contribution in [3.8, 4) is 6.01 Å². The molecule has 1 unspecified atom stereocenters. The van der Waals surface area contributed by atoms with Crippen molar-refractivity contribution in [2.75, 3.05) is 5.32 Å².